The highest BCUT2D eigenvalue weighted by Crippen LogP contribution is 2.15. The minimum absolute atomic E-state index is 0.179. The summed E-state index contributed by atoms with van der Waals surface area (Å²) in [4.78, 5) is 11.3. The van der Waals surface area contributed by atoms with Gasteiger partial charge in [0.05, 0.1) is 12.7 Å². The molecule has 0 aliphatic rings. The summed E-state index contributed by atoms with van der Waals surface area (Å²) in [5.74, 6) is 0.334. The molecule has 1 N–H and O–H groups in total. The first-order chi connectivity index (χ1) is 9.69. The van der Waals surface area contributed by atoms with Gasteiger partial charge in [-0.25, -0.2) is 4.79 Å². The zero-order valence-electron chi connectivity index (χ0n) is 11.5. The summed E-state index contributed by atoms with van der Waals surface area (Å²) in [6.45, 7) is 1.92. The molecule has 104 valence electrons. The third-order valence-electron chi connectivity index (χ3n) is 2.73. The molecule has 0 radical (unpaired) electrons. The highest BCUT2D eigenvalue weighted by molar-refractivity contribution is 5.89. The van der Waals surface area contributed by atoms with Crippen molar-refractivity contribution in [2.75, 3.05) is 12.4 Å². The van der Waals surface area contributed by atoms with Gasteiger partial charge < -0.3 is 14.8 Å². The van der Waals surface area contributed by atoms with Crippen molar-refractivity contribution >= 4 is 11.7 Å². The van der Waals surface area contributed by atoms with E-state index in [1.807, 2.05) is 37.3 Å². The summed E-state index contributed by atoms with van der Waals surface area (Å²) in [6.07, 6.45) is -0.179. The Morgan fingerprint density at radius 2 is 1.70 bits per heavy atom. The van der Waals surface area contributed by atoms with Gasteiger partial charge in [-0.2, -0.15) is 0 Å². The van der Waals surface area contributed by atoms with E-state index in [4.69, 9.17) is 4.74 Å². The fourth-order valence-electron chi connectivity index (χ4n) is 1.79. The summed E-state index contributed by atoms with van der Waals surface area (Å²) in [7, 11) is 1.36. The van der Waals surface area contributed by atoms with Gasteiger partial charge in [0.1, 0.15) is 5.75 Å². The minimum atomic E-state index is -0.355. The molecule has 0 heterocycles. The molecule has 0 bridgehead atoms. The van der Waals surface area contributed by atoms with E-state index >= 15 is 0 Å². The predicted molar refractivity (Wildman–Crippen MR) is 77.9 cm³/mol. The summed E-state index contributed by atoms with van der Waals surface area (Å²) >= 11 is 0. The summed E-state index contributed by atoms with van der Waals surface area (Å²) < 4.78 is 10.4. The molecule has 0 saturated carbocycles. The number of methoxy groups -OCH3 is 1. The van der Waals surface area contributed by atoms with Crippen molar-refractivity contribution in [3.63, 3.8) is 0 Å². The molecule has 0 saturated heterocycles. The molecule has 0 amide bonds. The summed E-state index contributed by atoms with van der Waals surface area (Å²) in [5, 5.41) is 3.23. The number of hydrogen-bond donors (Lipinski definition) is 1. The Morgan fingerprint density at radius 1 is 1.05 bits per heavy atom. The Morgan fingerprint density at radius 3 is 2.30 bits per heavy atom. The minimum Gasteiger partial charge on any atom is -0.471 e. The first kappa shape index (κ1) is 13.9. The lowest BCUT2D eigenvalue weighted by molar-refractivity contribution is 0.0600. The molecule has 0 fully saturated rings. The molecule has 1 unspecified atom stereocenters. The molecule has 2 rings (SSSR count). The van der Waals surface area contributed by atoms with Crippen LogP contribution in [0.1, 0.15) is 17.3 Å². The monoisotopic (exact) mass is 271 g/mol. The maximum absolute atomic E-state index is 11.3. The molecule has 0 aliphatic carbocycles. The lowest BCUT2D eigenvalue weighted by Gasteiger charge is -2.17. The molecule has 4 nitrogen and oxygen atoms in total. The first-order valence-corrected chi connectivity index (χ1v) is 6.35. The second kappa shape index (κ2) is 6.61. The number of carbonyl (C=O) groups is 1. The van der Waals surface area contributed by atoms with Gasteiger partial charge in [0.25, 0.3) is 0 Å². The zero-order valence-corrected chi connectivity index (χ0v) is 11.5. The molecule has 4 heteroatoms. The van der Waals surface area contributed by atoms with Crippen molar-refractivity contribution in [3.05, 3.63) is 60.2 Å². The van der Waals surface area contributed by atoms with Gasteiger partial charge in [0, 0.05) is 5.69 Å². The van der Waals surface area contributed by atoms with E-state index in [0.29, 0.717) is 11.3 Å². The Bertz CT molecular complexity index is 552. The number of ether oxygens (including phenoxy) is 2. The van der Waals surface area contributed by atoms with Crippen LogP contribution in [0.2, 0.25) is 0 Å². The van der Waals surface area contributed by atoms with E-state index < -0.39 is 0 Å². The number of esters is 1. The molecule has 0 aliphatic heterocycles. The quantitative estimate of drug-likeness (QED) is 0.669. The van der Waals surface area contributed by atoms with Crippen LogP contribution in [0.3, 0.4) is 0 Å². The van der Waals surface area contributed by atoms with Crippen LogP contribution in [0.15, 0.2) is 54.6 Å². The van der Waals surface area contributed by atoms with Crippen molar-refractivity contribution in [1.82, 2.24) is 0 Å². The molecular weight excluding hydrogens is 254 g/mol. The lowest BCUT2D eigenvalue weighted by atomic mass is 10.2. The normalized spacial score (nSPS) is 11.5. The van der Waals surface area contributed by atoms with Crippen molar-refractivity contribution in [2.45, 2.75) is 13.2 Å². The zero-order chi connectivity index (χ0) is 14.4. The van der Waals surface area contributed by atoms with Crippen molar-refractivity contribution < 1.29 is 14.3 Å². The Balaban J connectivity index is 1.94. The lowest BCUT2D eigenvalue weighted by Crippen LogP contribution is -2.22. The molecule has 2 aromatic carbocycles. The Kier molecular flexibility index (Phi) is 4.60. The number of anilines is 1. The van der Waals surface area contributed by atoms with Crippen LogP contribution in [-0.4, -0.2) is 19.3 Å². The predicted octanol–water partition coefficient (Wildman–Crippen LogP) is 3.31. The molecule has 0 spiro atoms. The first-order valence-electron chi connectivity index (χ1n) is 6.35. The average molecular weight is 271 g/mol. The van der Waals surface area contributed by atoms with Crippen LogP contribution in [0.5, 0.6) is 5.75 Å². The maximum Gasteiger partial charge on any atom is 0.337 e. The van der Waals surface area contributed by atoms with Crippen molar-refractivity contribution in [1.29, 1.82) is 0 Å². The Labute approximate surface area is 118 Å². The fraction of sp³-hybridized carbons (Fsp3) is 0.188. The second-order valence-corrected chi connectivity index (χ2v) is 4.29. The number of nitrogens with one attached hydrogen (secondary N) is 1. The fourth-order valence-corrected chi connectivity index (χ4v) is 1.79. The largest absolute Gasteiger partial charge is 0.471 e. The molecular formula is C16H17NO3. The van der Waals surface area contributed by atoms with Crippen LogP contribution in [-0.2, 0) is 4.74 Å². The van der Waals surface area contributed by atoms with Crippen LogP contribution in [0, 0.1) is 0 Å². The topological polar surface area (TPSA) is 47.6 Å². The van der Waals surface area contributed by atoms with Gasteiger partial charge in [0.2, 0.25) is 0 Å². The molecule has 20 heavy (non-hydrogen) atoms. The molecule has 0 aromatic heterocycles. The Hall–Kier alpha value is -2.49. The standard InChI is InChI=1S/C16H17NO3/c1-12(17-14-6-4-3-5-7-14)20-15-10-8-13(9-11-15)16(18)19-2/h3-12,17H,1-2H3. The van der Waals surface area contributed by atoms with Gasteiger partial charge in [-0.3, -0.25) is 0 Å². The number of carbonyl (C=O) groups excluding carboxylic acids is 1. The van der Waals surface area contributed by atoms with Crippen LogP contribution >= 0.6 is 0 Å². The second-order valence-electron chi connectivity index (χ2n) is 4.29. The van der Waals surface area contributed by atoms with E-state index in [2.05, 4.69) is 10.1 Å². The van der Waals surface area contributed by atoms with Crippen LogP contribution in [0.4, 0.5) is 5.69 Å². The maximum atomic E-state index is 11.3. The SMILES string of the molecule is COC(=O)c1ccc(OC(C)Nc2ccccc2)cc1. The van der Waals surface area contributed by atoms with Crippen molar-refractivity contribution in [3.8, 4) is 5.75 Å². The number of benzene rings is 2. The molecule has 2 aromatic rings. The van der Waals surface area contributed by atoms with Gasteiger partial charge in [-0.1, -0.05) is 18.2 Å². The van der Waals surface area contributed by atoms with Gasteiger partial charge >= 0.3 is 5.97 Å². The highest BCUT2D eigenvalue weighted by atomic mass is 16.5. The van der Waals surface area contributed by atoms with Gasteiger partial charge in [-0.15, -0.1) is 0 Å². The summed E-state index contributed by atoms with van der Waals surface area (Å²) in [6, 6.07) is 16.7. The van der Waals surface area contributed by atoms with Gasteiger partial charge in [0.15, 0.2) is 6.23 Å². The summed E-state index contributed by atoms with van der Waals surface area (Å²) in [5.41, 5.74) is 1.50. The number of rotatable bonds is 5. The van der Waals surface area contributed by atoms with E-state index in [0.717, 1.165) is 5.69 Å². The number of para-hydroxylation sites is 1. The highest BCUT2D eigenvalue weighted by Gasteiger charge is 2.07. The van der Waals surface area contributed by atoms with Gasteiger partial charge in [-0.05, 0) is 43.3 Å². The van der Waals surface area contributed by atoms with E-state index in [9.17, 15) is 4.79 Å². The smallest absolute Gasteiger partial charge is 0.337 e. The van der Waals surface area contributed by atoms with Crippen LogP contribution < -0.4 is 10.1 Å². The van der Waals surface area contributed by atoms with Crippen molar-refractivity contribution in [2.24, 2.45) is 0 Å². The molecule has 1 atom stereocenters. The van der Waals surface area contributed by atoms with E-state index in [1.54, 1.807) is 24.3 Å². The number of hydrogen-bond acceptors (Lipinski definition) is 4. The van der Waals surface area contributed by atoms with Crippen LogP contribution in [0.25, 0.3) is 0 Å². The third-order valence-corrected chi connectivity index (χ3v) is 2.73. The van der Waals surface area contributed by atoms with E-state index in [-0.39, 0.29) is 12.2 Å². The van der Waals surface area contributed by atoms with E-state index in [1.165, 1.54) is 7.11 Å². The average Bonchev–Trinajstić information content (AvgIpc) is 2.48. The third kappa shape index (κ3) is 3.75.